The summed E-state index contributed by atoms with van der Waals surface area (Å²) in [6, 6.07) is 6.10. The largest absolute Gasteiger partial charge is 0.508 e. The molecule has 0 saturated heterocycles. The number of nitrogens with zero attached hydrogens (tertiary/aromatic N) is 1. The normalized spacial score (nSPS) is 33.8. The van der Waals surface area contributed by atoms with Gasteiger partial charge in [-0.05, 0) is 99.0 Å². The van der Waals surface area contributed by atoms with Gasteiger partial charge < -0.3 is 14.7 Å². The quantitative estimate of drug-likeness (QED) is 0.600. The Kier molecular flexibility index (Phi) is 5.35. The van der Waals surface area contributed by atoms with Gasteiger partial charge in [0.15, 0.2) is 0 Å². The van der Waals surface area contributed by atoms with Crippen molar-refractivity contribution in [3.8, 4) is 5.75 Å². The van der Waals surface area contributed by atoms with Gasteiger partial charge >= 0.3 is 0 Å². The Labute approximate surface area is 164 Å². The first-order valence-electron chi connectivity index (χ1n) is 10.7. The van der Waals surface area contributed by atoms with Gasteiger partial charge in [-0.1, -0.05) is 24.6 Å². The van der Waals surface area contributed by atoms with Crippen molar-refractivity contribution in [3.05, 3.63) is 41.0 Å². The van der Waals surface area contributed by atoms with Gasteiger partial charge in [0.25, 0.3) is 0 Å². The molecular weight excluding hydrogens is 334 g/mol. The monoisotopic (exact) mass is 369 g/mol. The van der Waals surface area contributed by atoms with Crippen molar-refractivity contribution < 1.29 is 9.84 Å². The van der Waals surface area contributed by atoms with E-state index in [0.29, 0.717) is 17.1 Å². The second-order valence-electron chi connectivity index (χ2n) is 9.40. The maximum absolute atomic E-state index is 9.84. The molecule has 0 radical (unpaired) electrons. The van der Waals surface area contributed by atoms with Crippen molar-refractivity contribution in [2.75, 3.05) is 33.9 Å². The molecule has 27 heavy (non-hydrogen) atoms. The summed E-state index contributed by atoms with van der Waals surface area (Å²) in [7, 11) is 4.18. The van der Waals surface area contributed by atoms with E-state index < -0.39 is 0 Å². The van der Waals surface area contributed by atoms with Gasteiger partial charge in [0.1, 0.15) is 5.75 Å². The van der Waals surface area contributed by atoms with Gasteiger partial charge in [0.05, 0.1) is 13.2 Å². The maximum Gasteiger partial charge on any atom is 0.115 e. The SMILES string of the molecule is CN(C)CCOCC=C1CC[C@H]2[C@@H]3CCc4cc(O)ccc4[C@H]3CC[C@]12C. The zero-order chi connectivity index (χ0) is 19.0. The molecule has 0 unspecified atom stereocenters. The summed E-state index contributed by atoms with van der Waals surface area (Å²) in [5.74, 6) is 2.74. The van der Waals surface area contributed by atoms with Crippen molar-refractivity contribution >= 4 is 0 Å². The predicted molar refractivity (Wildman–Crippen MR) is 110 cm³/mol. The number of aromatic hydroxyl groups is 1. The highest BCUT2D eigenvalue weighted by molar-refractivity contribution is 5.40. The van der Waals surface area contributed by atoms with E-state index in [2.05, 4.69) is 38.1 Å². The summed E-state index contributed by atoms with van der Waals surface area (Å²) in [6.07, 6.45) is 10.00. The van der Waals surface area contributed by atoms with Crippen LogP contribution in [-0.4, -0.2) is 43.9 Å². The van der Waals surface area contributed by atoms with Crippen LogP contribution in [0.5, 0.6) is 5.75 Å². The zero-order valence-corrected chi connectivity index (χ0v) is 17.2. The smallest absolute Gasteiger partial charge is 0.115 e. The first-order valence-corrected chi connectivity index (χ1v) is 10.7. The van der Waals surface area contributed by atoms with E-state index in [9.17, 15) is 5.11 Å². The van der Waals surface area contributed by atoms with E-state index in [0.717, 1.165) is 38.0 Å². The lowest BCUT2D eigenvalue weighted by atomic mass is 9.55. The van der Waals surface area contributed by atoms with E-state index in [1.165, 1.54) is 43.2 Å². The van der Waals surface area contributed by atoms with Gasteiger partial charge in [-0.2, -0.15) is 0 Å². The van der Waals surface area contributed by atoms with E-state index in [-0.39, 0.29) is 0 Å². The zero-order valence-electron chi connectivity index (χ0n) is 17.2. The van der Waals surface area contributed by atoms with Crippen LogP contribution in [0, 0.1) is 17.3 Å². The third-order valence-corrected chi connectivity index (χ3v) is 7.69. The molecular formula is C24H35NO2. The molecule has 0 aliphatic heterocycles. The molecule has 2 fully saturated rings. The van der Waals surface area contributed by atoms with Crippen LogP contribution in [0.25, 0.3) is 0 Å². The number of likely N-dealkylation sites (N-methyl/N-ethyl adjacent to an activating group) is 1. The summed E-state index contributed by atoms with van der Waals surface area (Å²) < 4.78 is 5.85. The molecule has 3 nitrogen and oxygen atoms in total. The van der Waals surface area contributed by atoms with Crippen molar-refractivity contribution in [2.45, 2.75) is 51.4 Å². The first-order chi connectivity index (χ1) is 13.0. The standard InChI is InChI=1S/C24H35NO2/c1-24-12-10-21-20-8-6-19(26)16-17(20)4-7-22(21)23(24)9-5-18(24)11-14-27-15-13-25(2)3/h6,8,11,16,21-23,26H,4-5,7,9-10,12-15H2,1-3H3/t21-,22-,23+,24-/m1/s1. The molecule has 3 heteroatoms. The second kappa shape index (κ2) is 7.60. The molecule has 4 atom stereocenters. The highest BCUT2D eigenvalue weighted by Crippen LogP contribution is 2.62. The lowest BCUT2D eigenvalue weighted by molar-refractivity contribution is 0.0801. The van der Waals surface area contributed by atoms with E-state index in [4.69, 9.17) is 4.74 Å². The molecule has 1 aromatic rings. The number of hydrogen-bond donors (Lipinski definition) is 1. The molecule has 148 valence electrons. The van der Waals surface area contributed by atoms with Gasteiger partial charge in [-0.25, -0.2) is 0 Å². The lowest BCUT2D eigenvalue weighted by Gasteiger charge is -2.49. The number of hydrogen-bond acceptors (Lipinski definition) is 3. The molecule has 3 aliphatic carbocycles. The second-order valence-corrected chi connectivity index (χ2v) is 9.40. The maximum atomic E-state index is 9.84. The summed E-state index contributed by atoms with van der Waals surface area (Å²) >= 11 is 0. The third kappa shape index (κ3) is 3.56. The summed E-state index contributed by atoms with van der Waals surface area (Å²) in [4.78, 5) is 2.17. The summed E-state index contributed by atoms with van der Waals surface area (Å²) in [5.41, 5.74) is 4.95. The van der Waals surface area contributed by atoms with Gasteiger partial charge in [-0.3, -0.25) is 0 Å². The van der Waals surface area contributed by atoms with E-state index >= 15 is 0 Å². The molecule has 2 saturated carbocycles. The molecule has 0 aromatic heterocycles. The minimum atomic E-state index is 0.375. The fraction of sp³-hybridized carbons (Fsp3) is 0.667. The average Bonchev–Trinajstić information content (AvgIpc) is 2.97. The number of phenols is 1. The van der Waals surface area contributed by atoms with Crippen LogP contribution in [-0.2, 0) is 11.2 Å². The van der Waals surface area contributed by atoms with Crippen molar-refractivity contribution in [3.63, 3.8) is 0 Å². The number of ether oxygens (including phenoxy) is 1. The van der Waals surface area contributed by atoms with Crippen LogP contribution in [0.15, 0.2) is 29.8 Å². The Hall–Kier alpha value is -1.32. The lowest BCUT2D eigenvalue weighted by Crippen LogP contribution is -2.40. The summed E-state index contributed by atoms with van der Waals surface area (Å²) in [5, 5.41) is 9.84. The molecule has 1 N–H and O–H groups in total. The Morgan fingerprint density at radius 3 is 2.89 bits per heavy atom. The highest BCUT2D eigenvalue weighted by atomic mass is 16.5. The molecule has 0 spiro atoms. The Balaban J connectivity index is 1.46. The van der Waals surface area contributed by atoms with Crippen LogP contribution in [0.1, 0.15) is 56.1 Å². The Morgan fingerprint density at radius 1 is 1.22 bits per heavy atom. The van der Waals surface area contributed by atoms with Crippen LogP contribution in [0.4, 0.5) is 0 Å². The Bertz CT molecular complexity index is 710. The number of aryl methyl sites for hydroxylation is 1. The predicted octanol–water partition coefficient (Wildman–Crippen LogP) is 4.75. The molecule has 3 aliphatic rings. The minimum absolute atomic E-state index is 0.375. The van der Waals surface area contributed by atoms with Gasteiger partial charge in [0.2, 0.25) is 0 Å². The molecule has 0 amide bonds. The molecule has 0 bridgehead atoms. The third-order valence-electron chi connectivity index (χ3n) is 7.69. The molecule has 1 aromatic carbocycles. The topological polar surface area (TPSA) is 32.7 Å². The Morgan fingerprint density at radius 2 is 2.07 bits per heavy atom. The van der Waals surface area contributed by atoms with Crippen molar-refractivity contribution in [2.24, 2.45) is 17.3 Å². The number of benzene rings is 1. The number of allylic oxidation sites excluding steroid dienone is 1. The fourth-order valence-electron chi connectivity index (χ4n) is 6.24. The number of fused-ring (bicyclic) bond motifs is 5. The van der Waals surface area contributed by atoms with Crippen LogP contribution in [0.2, 0.25) is 0 Å². The van der Waals surface area contributed by atoms with Crippen LogP contribution < -0.4 is 0 Å². The highest BCUT2D eigenvalue weighted by Gasteiger charge is 2.52. The van der Waals surface area contributed by atoms with Crippen molar-refractivity contribution in [1.29, 1.82) is 0 Å². The summed E-state index contributed by atoms with van der Waals surface area (Å²) in [6.45, 7) is 5.09. The van der Waals surface area contributed by atoms with Crippen molar-refractivity contribution in [1.82, 2.24) is 4.90 Å². The van der Waals surface area contributed by atoms with E-state index in [1.54, 1.807) is 5.57 Å². The van der Waals surface area contributed by atoms with Crippen LogP contribution >= 0.6 is 0 Å². The van der Waals surface area contributed by atoms with E-state index in [1.807, 2.05) is 12.1 Å². The molecule has 4 rings (SSSR count). The van der Waals surface area contributed by atoms with Gasteiger partial charge in [-0.15, -0.1) is 0 Å². The first kappa shape index (κ1) is 19.0. The number of phenolic OH excluding ortho intramolecular Hbond substituents is 1. The average molecular weight is 370 g/mol. The molecule has 0 heterocycles. The van der Waals surface area contributed by atoms with Gasteiger partial charge in [0, 0.05) is 6.54 Å². The fourth-order valence-corrected chi connectivity index (χ4v) is 6.24. The minimum Gasteiger partial charge on any atom is -0.508 e. The number of rotatable bonds is 5. The van der Waals surface area contributed by atoms with Crippen LogP contribution in [0.3, 0.4) is 0 Å².